The molecule has 0 atom stereocenters. The maximum atomic E-state index is 11.4. The zero-order chi connectivity index (χ0) is 22.8. The molecule has 0 fully saturated rings. The van der Waals surface area contributed by atoms with Crippen LogP contribution in [0.15, 0.2) is 71.9 Å². The van der Waals surface area contributed by atoms with Crippen LogP contribution in [0.1, 0.15) is 16.7 Å². The molecule has 3 aromatic carbocycles. The average Bonchev–Trinajstić information content (AvgIpc) is 3.27. The standard InChI is InChI=1S/C24H20N4O4S/c1-16-7-9-20(10-8-16)27-23(17-5-3-2-4-6-17)25-26-24(27)33-14-19-12-21(28(29)30)11-18-13-31-15-32-22(18)19/h2-12H,13-15H2,1H3. The average molecular weight is 461 g/mol. The molecule has 0 bridgehead atoms. The Balaban J connectivity index is 1.53. The molecule has 0 spiro atoms. The van der Waals surface area contributed by atoms with Gasteiger partial charge in [-0.1, -0.05) is 59.8 Å². The van der Waals surface area contributed by atoms with Gasteiger partial charge in [0.15, 0.2) is 17.8 Å². The minimum absolute atomic E-state index is 0.0171. The Morgan fingerprint density at radius 2 is 1.88 bits per heavy atom. The largest absolute Gasteiger partial charge is 0.467 e. The van der Waals surface area contributed by atoms with Crippen molar-refractivity contribution in [3.8, 4) is 22.8 Å². The van der Waals surface area contributed by atoms with Gasteiger partial charge in [0.25, 0.3) is 5.69 Å². The molecule has 9 heteroatoms. The maximum Gasteiger partial charge on any atom is 0.270 e. The fourth-order valence-corrected chi connectivity index (χ4v) is 4.62. The van der Waals surface area contributed by atoms with Crippen molar-refractivity contribution in [3.63, 3.8) is 0 Å². The van der Waals surface area contributed by atoms with E-state index in [1.807, 2.05) is 66.1 Å². The highest BCUT2D eigenvalue weighted by molar-refractivity contribution is 7.98. The van der Waals surface area contributed by atoms with Crippen molar-refractivity contribution in [1.82, 2.24) is 14.8 Å². The van der Waals surface area contributed by atoms with E-state index in [2.05, 4.69) is 10.2 Å². The number of fused-ring (bicyclic) bond motifs is 1. The quantitative estimate of drug-likeness (QED) is 0.219. The number of nitrogens with zero attached hydrogens (tertiary/aromatic N) is 4. The lowest BCUT2D eigenvalue weighted by Gasteiger charge is -2.20. The van der Waals surface area contributed by atoms with Crippen LogP contribution in [-0.2, 0) is 17.1 Å². The Hall–Kier alpha value is -3.69. The lowest BCUT2D eigenvalue weighted by molar-refractivity contribution is -0.385. The van der Waals surface area contributed by atoms with E-state index >= 15 is 0 Å². The number of nitro benzene ring substituents is 1. The molecule has 8 nitrogen and oxygen atoms in total. The minimum Gasteiger partial charge on any atom is -0.467 e. The van der Waals surface area contributed by atoms with Crippen molar-refractivity contribution in [1.29, 1.82) is 0 Å². The molecule has 0 amide bonds. The van der Waals surface area contributed by atoms with Crippen LogP contribution in [0.25, 0.3) is 17.1 Å². The van der Waals surface area contributed by atoms with Gasteiger partial charge in [-0.05, 0) is 19.1 Å². The zero-order valence-electron chi connectivity index (χ0n) is 17.8. The summed E-state index contributed by atoms with van der Waals surface area (Å²) in [7, 11) is 0. The molecule has 4 aromatic rings. The topological polar surface area (TPSA) is 92.3 Å². The van der Waals surface area contributed by atoms with Gasteiger partial charge in [-0.25, -0.2) is 0 Å². The third-order valence-corrected chi connectivity index (χ3v) is 6.27. The first-order valence-corrected chi connectivity index (χ1v) is 11.3. The molecule has 0 unspecified atom stereocenters. The van der Waals surface area contributed by atoms with Crippen molar-refractivity contribution in [3.05, 3.63) is 93.5 Å². The SMILES string of the molecule is Cc1ccc(-n2c(SCc3cc([N+](=O)[O-])cc4c3OCOC4)nnc2-c2ccccc2)cc1. The highest BCUT2D eigenvalue weighted by atomic mass is 32.2. The number of hydrogen-bond donors (Lipinski definition) is 0. The third-order valence-electron chi connectivity index (χ3n) is 5.30. The van der Waals surface area contributed by atoms with Crippen LogP contribution in [0.4, 0.5) is 5.69 Å². The summed E-state index contributed by atoms with van der Waals surface area (Å²) < 4.78 is 13.0. The predicted molar refractivity (Wildman–Crippen MR) is 124 cm³/mol. The first kappa shape index (κ1) is 21.2. The van der Waals surface area contributed by atoms with Crippen LogP contribution in [-0.4, -0.2) is 26.5 Å². The van der Waals surface area contributed by atoms with E-state index in [0.29, 0.717) is 22.2 Å². The fourth-order valence-electron chi connectivity index (χ4n) is 3.70. The highest BCUT2D eigenvalue weighted by Crippen LogP contribution is 2.37. The van der Waals surface area contributed by atoms with E-state index in [1.54, 1.807) is 6.07 Å². The lowest BCUT2D eigenvalue weighted by Crippen LogP contribution is -2.13. The highest BCUT2D eigenvalue weighted by Gasteiger charge is 2.22. The molecule has 33 heavy (non-hydrogen) atoms. The number of nitro groups is 1. The van der Waals surface area contributed by atoms with Crippen LogP contribution in [0.2, 0.25) is 0 Å². The second-order valence-corrected chi connectivity index (χ2v) is 8.54. The molecule has 1 aliphatic heterocycles. The number of aryl methyl sites for hydroxylation is 1. The molecule has 0 saturated carbocycles. The summed E-state index contributed by atoms with van der Waals surface area (Å²) in [4.78, 5) is 11.0. The van der Waals surface area contributed by atoms with Crippen LogP contribution >= 0.6 is 11.8 Å². The van der Waals surface area contributed by atoms with E-state index < -0.39 is 4.92 Å². The number of aromatic nitrogens is 3. The monoisotopic (exact) mass is 460 g/mol. The number of non-ortho nitro benzene ring substituents is 1. The number of benzene rings is 3. The van der Waals surface area contributed by atoms with Gasteiger partial charge in [-0.3, -0.25) is 14.7 Å². The van der Waals surface area contributed by atoms with Gasteiger partial charge >= 0.3 is 0 Å². The Bertz CT molecular complexity index is 1310. The number of rotatable bonds is 6. The second kappa shape index (κ2) is 9.05. The van der Waals surface area contributed by atoms with E-state index in [4.69, 9.17) is 9.47 Å². The van der Waals surface area contributed by atoms with Crippen molar-refractivity contribution < 1.29 is 14.4 Å². The minimum atomic E-state index is -0.397. The normalized spacial score (nSPS) is 12.8. The van der Waals surface area contributed by atoms with Gasteiger partial charge in [-0.15, -0.1) is 10.2 Å². The molecule has 2 heterocycles. The third kappa shape index (κ3) is 4.33. The van der Waals surface area contributed by atoms with Gasteiger partial charge in [0.1, 0.15) is 5.75 Å². The first-order chi connectivity index (χ1) is 16.1. The van der Waals surface area contributed by atoms with E-state index in [0.717, 1.165) is 28.2 Å². The summed E-state index contributed by atoms with van der Waals surface area (Å²) >= 11 is 1.45. The molecule has 1 aromatic heterocycles. The van der Waals surface area contributed by atoms with Crippen LogP contribution in [0, 0.1) is 17.0 Å². The fraction of sp³-hybridized carbons (Fsp3) is 0.167. The first-order valence-electron chi connectivity index (χ1n) is 10.3. The second-order valence-electron chi connectivity index (χ2n) is 7.59. The van der Waals surface area contributed by atoms with Gasteiger partial charge in [0, 0.05) is 40.3 Å². The molecule has 0 N–H and O–H groups in total. The molecule has 0 aliphatic carbocycles. The Morgan fingerprint density at radius 1 is 1.09 bits per heavy atom. The van der Waals surface area contributed by atoms with Crippen LogP contribution in [0.3, 0.4) is 0 Å². The Morgan fingerprint density at radius 3 is 2.64 bits per heavy atom. The zero-order valence-corrected chi connectivity index (χ0v) is 18.6. The van der Waals surface area contributed by atoms with E-state index in [9.17, 15) is 10.1 Å². The summed E-state index contributed by atoms with van der Waals surface area (Å²) in [6, 6.07) is 21.1. The maximum absolute atomic E-state index is 11.4. The molecular formula is C24H20N4O4S. The lowest BCUT2D eigenvalue weighted by atomic mass is 10.1. The van der Waals surface area contributed by atoms with Gasteiger partial charge in [0.2, 0.25) is 0 Å². The molecule has 1 aliphatic rings. The van der Waals surface area contributed by atoms with Gasteiger partial charge in [0.05, 0.1) is 11.5 Å². The summed E-state index contributed by atoms with van der Waals surface area (Å²) in [6.07, 6.45) is 0. The van der Waals surface area contributed by atoms with Crippen molar-refractivity contribution in [2.75, 3.05) is 6.79 Å². The van der Waals surface area contributed by atoms with Crippen molar-refractivity contribution in [2.45, 2.75) is 24.4 Å². The van der Waals surface area contributed by atoms with Crippen molar-refractivity contribution >= 4 is 17.4 Å². The molecule has 166 valence electrons. The smallest absolute Gasteiger partial charge is 0.270 e. The number of hydrogen-bond acceptors (Lipinski definition) is 7. The predicted octanol–water partition coefficient (Wildman–Crippen LogP) is 5.31. The van der Waals surface area contributed by atoms with Gasteiger partial charge < -0.3 is 9.47 Å². The van der Waals surface area contributed by atoms with E-state index in [1.165, 1.54) is 17.8 Å². The molecular weight excluding hydrogens is 440 g/mol. The molecule has 0 saturated heterocycles. The summed E-state index contributed by atoms with van der Waals surface area (Å²) in [6.45, 7) is 2.45. The Labute approximate surface area is 194 Å². The Kier molecular flexibility index (Phi) is 5.80. The van der Waals surface area contributed by atoms with Crippen LogP contribution < -0.4 is 4.74 Å². The number of ether oxygens (including phenoxy) is 2. The van der Waals surface area contributed by atoms with Gasteiger partial charge in [-0.2, -0.15) is 0 Å². The molecule has 0 radical (unpaired) electrons. The van der Waals surface area contributed by atoms with E-state index in [-0.39, 0.29) is 19.1 Å². The summed E-state index contributed by atoms with van der Waals surface area (Å²) in [5, 5.41) is 21.0. The van der Waals surface area contributed by atoms with Crippen LogP contribution in [0.5, 0.6) is 5.75 Å². The molecule has 5 rings (SSSR count). The van der Waals surface area contributed by atoms with Crippen molar-refractivity contribution in [2.24, 2.45) is 0 Å². The summed E-state index contributed by atoms with van der Waals surface area (Å²) in [5.41, 5.74) is 4.47. The summed E-state index contributed by atoms with van der Waals surface area (Å²) in [5.74, 6) is 1.81. The number of thioether (sulfide) groups is 1.